The van der Waals surface area contributed by atoms with Crippen molar-refractivity contribution in [1.29, 1.82) is 0 Å². The van der Waals surface area contributed by atoms with E-state index in [9.17, 15) is 0 Å². The van der Waals surface area contributed by atoms with Crippen LogP contribution in [0.2, 0.25) is 0 Å². The Bertz CT molecular complexity index is 3100. The minimum atomic E-state index is -0.317. The van der Waals surface area contributed by atoms with Gasteiger partial charge in [0.05, 0.1) is 28.1 Å². The highest BCUT2D eigenvalue weighted by Crippen LogP contribution is 2.40. The van der Waals surface area contributed by atoms with Gasteiger partial charge >= 0.3 is 0 Å². The molecule has 0 aliphatic heterocycles. The average Bonchev–Trinajstić information content (AvgIpc) is 3.87. The number of benzene rings is 6. The van der Waals surface area contributed by atoms with Crippen LogP contribution in [0.25, 0.3) is 39.0 Å². The van der Waals surface area contributed by atoms with E-state index < -0.39 is 0 Å². The van der Waals surface area contributed by atoms with E-state index in [4.69, 9.17) is 9.72 Å². The summed E-state index contributed by atoms with van der Waals surface area (Å²) in [7, 11) is 0. The standard InChI is InChI=1S/C58H58N4O/c1-55(2,3)42-23-17-25-46(33-42)61-39-60(38-53(61)58(9,10)41-21-15-12-16-22-41)45-24-18-26-47(36-45)63-48-28-29-49-50-34-44(57(7,8)40-19-13-11-14-20-40)27-30-51(50)62(52(49)37-48)54-35-43(31-32-59-54)56(4,5)6/h11-38H,1-10H3. The Hall–Kier alpha value is -6.72. The lowest BCUT2D eigenvalue weighted by Crippen LogP contribution is -2.40. The molecule has 0 atom stereocenters. The molecule has 316 valence electrons. The van der Waals surface area contributed by atoms with Gasteiger partial charge in [-0.1, -0.05) is 154 Å². The lowest BCUT2D eigenvalue weighted by atomic mass is 9.78. The van der Waals surface area contributed by atoms with Gasteiger partial charge in [0.15, 0.2) is 0 Å². The molecular formula is C58H58N4O. The van der Waals surface area contributed by atoms with Crippen molar-refractivity contribution in [2.45, 2.75) is 90.9 Å². The second-order valence-electron chi connectivity index (χ2n) is 20.1. The number of pyridine rings is 1. The van der Waals surface area contributed by atoms with Gasteiger partial charge in [-0.2, -0.15) is 0 Å². The number of hydrogen-bond donors (Lipinski definition) is 0. The van der Waals surface area contributed by atoms with Crippen LogP contribution in [0.4, 0.5) is 0 Å². The van der Waals surface area contributed by atoms with E-state index in [1.165, 1.54) is 33.2 Å². The monoisotopic (exact) mass is 826 g/mol. The first-order chi connectivity index (χ1) is 30.0. The number of fused-ring (bicyclic) bond motifs is 3. The first-order valence-electron chi connectivity index (χ1n) is 22.1. The van der Waals surface area contributed by atoms with Crippen molar-refractivity contribution < 1.29 is 9.30 Å². The second kappa shape index (κ2) is 15.6. The summed E-state index contributed by atoms with van der Waals surface area (Å²) in [5.74, 6) is 2.37. The molecule has 9 aromatic rings. The molecule has 63 heavy (non-hydrogen) atoms. The Balaban J connectivity index is 1.14. The quantitative estimate of drug-likeness (QED) is 0.107. The van der Waals surface area contributed by atoms with Crippen LogP contribution in [0.1, 0.15) is 103 Å². The molecule has 0 aliphatic carbocycles. The van der Waals surface area contributed by atoms with Gasteiger partial charge in [0.1, 0.15) is 17.3 Å². The molecule has 0 aliphatic rings. The third kappa shape index (κ3) is 7.86. The van der Waals surface area contributed by atoms with Gasteiger partial charge in [0, 0.05) is 40.1 Å². The smallest absolute Gasteiger partial charge is 0.269 e. The fourth-order valence-corrected chi connectivity index (χ4v) is 8.82. The predicted octanol–water partition coefficient (Wildman–Crippen LogP) is 14.1. The maximum absolute atomic E-state index is 6.79. The molecule has 6 aromatic carbocycles. The van der Waals surface area contributed by atoms with Crippen LogP contribution in [0.3, 0.4) is 0 Å². The van der Waals surface area contributed by atoms with E-state index in [0.29, 0.717) is 0 Å². The Morgan fingerprint density at radius 1 is 0.492 bits per heavy atom. The zero-order valence-corrected chi connectivity index (χ0v) is 38.4. The summed E-state index contributed by atoms with van der Waals surface area (Å²) in [4.78, 5) is 4.97. The fraction of sp³-hybridized carbons (Fsp3) is 0.241. The number of imidazole rings is 1. The molecule has 0 unspecified atom stereocenters. The number of ether oxygens (including phenoxy) is 1. The molecule has 3 heterocycles. The summed E-state index contributed by atoms with van der Waals surface area (Å²) >= 11 is 0. The Labute approximate surface area is 373 Å². The lowest BCUT2D eigenvalue weighted by molar-refractivity contribution is -0.611. The molecule has 0 saturated heterocycles. The molecule has 0 amide bonds. The van der Waals surface area contributed by atoms with Crippen molar-refractivity contribution in [3.05, 3.63) is 210 Å². The van der Waals surface area contributed by atoms with Crippen LogP contribution in [0, 0.1) is 6.33 Å². The van der Waals surface area contributed by atoms with Gasteiger partial charge < -0.3 is 4.74 Å². The van der Waals surface area contributed by atoms with Crippen LogP contribution in [-0.2, 0) is 21.7 Å². The van der Waals surface area contributed by atoms with Gasteiger partial charge in [-0.05, 0) is 105 Å². The van der Waals surface area contributed by atoms with Gasteiger partial charge in [0.2, 0.25) is 0 Å². The number of hydrogen-bond acceptors (Lipinski definition) is 2. The normalized spacial score (nSPS) is 12.6. The number of nitrogens with zero attached hydrogens (tertiary/aromatic N) is 4. The van der Waals surface area contributed by atoms with Crippen molar-refractivity contribution in [3.63, 3.8) is 0 Å². The van der Waals surface area contributed by atoms with Crippen molar-refractivity contribution in [1.82, 2.24) is 14.1 Å². The van der Waals surface area contributed by atoms with E-state index in [2.05, 4.69) is 247 Å². The molecule has 0 saturated carbocycles. The third-order valence-electron chi connectivity index (χ3n) is 12.9. The summed E-state index contributed by atoms with van der Waals surface area (Å²) in [6.45, 7) is 22.7. The van der Waals surface area contributed by atoms with Crippen molar-refractivity contribution >= 4 is 21.8 Å². The summed E-state index contributed by atoms with van der Waals surface area (Å²) in [5.41, 5.74) is 11.1. The van der Waals surface area contributed by atoms with E-state index in [0.717, 1.165) is 50.8 Å². The average molecular weight is 827 g/mol. The van der Waals surface area contributed by atoms with Crippen molar-refractivity contribution in [2.75, 3.05) is 0 Å². The zero-order valence-electron chi connectivity index (χ0n) is 38.4. The highest BCUT2D eigenvalue weighted by atomic mass is 16.5. The molecule has 5 heteroatoms. The van der Waals surface area contributed by atoms with Gasteiger partial charge in [0.25, 0.3) is 6.33 Å². The van der Waals surface area contributed by atoms with Crippen LogP contribution in [0.5, 0.6) is 11.5 Å². The Morgan fingerprint density at radius 3 is 1.83 bits per heavy atom. The first kappa shape index (κ1) is 41.6. The predicted molar refractivity (Wildman–Crippen MR) is 259 cm³/mol. The van der Waals surface area contributed by atoms with E-state index in [1.54, 1.807) is 0 Å². The molecule has 0 spiro atoms. The van der Waals surface area contributed by atoms with Gasteiger partial charge in [-0.3, -0.25) is 13.7 Å². The van der Waals surface area contributed by atoms with E-state index in [-0.39, 0.29) is 21.7 Å². The first-order valence-corrected chi connectivity index (χ1v) is 22.1. The van der Waals surface area contributed by atoms with E-state index >= 15 is 0 Å². The summed E-state index contributed by atoms with van der Waals surface area (Å²) < 4.78 is 13.4. The molecule has 0 N–H and O–H groups in total. The minimum Gasteiger partial charge on any atom is -0.458 e. The number of rotatable bonds is 9. The molecule has 0 radical (unpaired) electrons. The van der Waals surface area contributed by atoms with Crippen molar-refractivity contribution in [2.24, 2.45) is 0 Å². The Morgan fingerprint density at radius 2 is 1.13 bits per heavy atom. The summed E-state index contributed by atoms with van der Waals surface area (Å²) in [6.07, 6.45) is 7.88. The summed E-state index contributed by atoms with van der Waals surface area (Å²) in [5, 5.41) is 2.33. The highest BCUT2D eigenvalue weighted by Gasteiger charge is 2.30. The fourth-order valence-electron chi connectivity index (χ4n) is 8.82. The van der Waals surface area contributed by atoms with Crippen LogP contribution < -0.4 is 9.30 Å². The molecule has 0 fully saturated rings. The third-order valence-corrected chi connectivity index (χ3v) is 12.9. The maximum atomic E-state index is 6.79. The van der Waals surface area contributed by atoms with Crippen molar-refractivity contribution in [3.8, 4) is 28.7 Å². The topological polar surface area (TPSA) is 35.9 Å². The molecular weight excluding hydrogens is 769 g/mol. The van der Waals surface area contributed by atoms with Crippen LogP contribution in [-0.4, -0.2) is 14.1 Å². The minimum absolute atomic E-state index is 0.00644. The second-order valence-corrected chi connectivity index (χ2v) is 20.1. The highest BCUT2D eigenvalue weighted by molar-refractivity contribution is 6.09. The van der Waals surface area contributed by atoms with Crippen LogP contribution >= 0.6 is 0 Å². The largest absolute Gasteiger partial charge is 0.458 e. The zero-order chi connectivity index (χ0) is 44.3. The molecule has 0 bridgehead atoms. The SMILES string of the molecule is CC(C)(C)c1cccc(-[n+]2[c-]n(-c3cccc(Oc4ccc5c6cc(C(C)(C)c7ccccc7)ccc6n(-c6cc(C(C)(C)C)ccn6)c5c4)c3)cc2C(C)(C)c2ccccc2)c1. The molecule has 9 rings (SSSR count). The molecule has 5 nitrogen and oxygen atoms in total. The van der Waals surface area contributed by atoms with E-state index in [1.807, 2.05) is 12.3 Å². The number of aromatic nitrogens is 4. The molecule has 3 aromatic heterocycles. The maximum Gasteiger partial charge on any atom is 0.269 e. The van der Waals surface area contributed by atoms with Gasteiger partial charge in [-0.15, -0.1) is 0 Å². The van der Waals surface area contributed by atoms with Crippen LogP contribution in [0.15, 0.2) is 170 Å². The Kier molecular flexibility index (Phi) is 10.3. The summed E-state index contributed by atoms with van der Waals surface area (Å²) in [6, 6.07) is 56.3. The van der Waals surface area contributed by atoms with Gasteiger partial charge in [-0.25, -0.2) is 4.98 Å². The lowest BCUT2D eigenvalue weighted by Gasteiger charge is -2.27.